The van der Waals surface area contributed by atoms with Crippen molar-refractivity contribution in [3.8, 4) is 22.5 Å². The summed E-state index contributed by atoms with van der Waals surface area (Å²) < 4.78 is 16.5. The van der Waals surface area contributed by atoms with Crippen LogP contribution in [0.2, 0.25) is 0 Å². The Bertz CT molecular complexity index is 2290. The molecule has 0 aliphatic carbocycles. The number of hydrogen-bond donors (Lipinski definition) is 0. The fourth-order valence-corrected chi connectivity index (χ4v) is 7.97. The second-order valence-electron chi connectivity index (χ2n) is 14.6. The standard InChI is InChI=1S/C50H52N2O2/c1-3-5-31-53-33-11-13-37-19-29-49-45(35-37)43-15-7-9-17-47(43)51(49)41-25-21-39(22-26-41)40-23-27-42(28-24-40)52-48-18-10-8-16-44(48)46-36-38(20-30-50(46)52)14-12-34-54-32-6-4-2/h7-10,15-30,35-36H,3-6,11-14,31-34H2,1-2H3. The average Bonchev–Trinajstić information content (AvgIpc) is 3.73. The van der Waals surface area contributed by atoms with E-state index in [1.54, 1.807) is 0 Å². The molecule has 0 radical (unpaired) electrons. The zero-order chi connectivity index (χ0) is 36.7. The van der Waals surface area contributed by atoms with E-state index in [4.69, 9.17) is 9.47 Å². The van der Waals surface area contributed by atoms with Crippen molar-refractivity contribution in [1.82, 2.24) is 9.13 Å². The number of unbranched alkanes of at least 4 members (excludes halogenated alkanes) is 2. The molecule has 8 aromatic rings. The Balaban J connectivity index is 1.03. The number of aromatic nitrogens is 2. The number of para-hydroxylation sites is 2. The fraction of sp³-hybridized carbons (Fsp3) is 0.280. The number of hydrogen-bond acceptors (Lipinski definition) is 2. The summed E-state index contributed by atoms with van der Waals surface area (Å²) in [7, 11) is 0. The van der Waals surface area contributed by atoms with Crippen molar-refractivity contribution in [3.63, 3.8) is 0 Å². The molecule has 0 aliphatic heterocycles. The topological polar surface area (TPSA) is 28.3 Å². The number of fused-ring (bicyclic) bond motifs is 6. The zero-order valence-corrected chi connectivity index (χ0v) is 31.9. The first kappa shape index (κ1) is 35.8. The van der Waals surface area contributed by atoms with Crippen LogP contribution >= 0.6 is 0 Å². The van der Waals surface area contributed by atoms with Crippen LogP contribution in [0.25, 0.3) is 66.1 Å². The summed E-state index contributed by atoms with van der Waals surface area (Å²) in [4.78, 5) is 0. The van der Waals surface area contributed by atoms with Gasteiger partial charge in [-0.25, -0.2) is 0 Å². The van der Waals surface area contributed by atoms with E-state index in [1.165, 1.54) is 90.1 Å². The Morgan fingerprint density at radius 3 is 1.20 bits per heavy atom. The van der Waals surface area contributed by atoms with Crippen molar-refractivity contribution in [2.75, 3.05) is 26.4 Å². The molecule has 2 heterocycles. The van der Waals surface area contributed by atoms with E-state index < -0.39 is 0 Å². The van der Waals surface area contributed by atoms with Gasteiger partial charge in [-0.05, 0) is 121 Å². The number of ether oxygens (including phenoxy) is 2. The lowest BCUT2D eigenvalue weighted by Crippen LogP contribution is -1.98. The molecule has 0 saturated carbocycles. The van der Waals surface area contributed by atoms with E-state index >= 15 is 0 Å². The lowest BCUT2D eigenvalue weighted by atomic mass is 10.0. The number of rotatable bonds is 17. The minimum Gasteiger partial charge on any atom is -0.381 e. The summed E-state index contributed by atoms with van der Waals surface area (Å²) in [5.41, 5.74) is 12.5. The van der Waals surface area contributed by atoms with Crippen molar-refractivity contribution in [2.24, 2.45) is 0 Å². The van der Waals surface area contributed by atoms with Crippen LogP contribution in [0, 0.1) is 0 Å². The van der Waals surface area contributed by atoms with Crippen LogP contribution in [0.15, 0.2) is 133 Å². The maximum atomic E-state index is 5.83. The van der Waals surface area contributed by atoms with Crippen LogP contribution in [0.3, 0.4) is 0 Å². The highest BCUT2D eigenvalue weighted by molar-refractivity contribution is 6.10. The van der Waals surface area contributed by atoms with Gasteiger partial charge in [-0.1, -0.05) is 99.5 Å². The minimum absolute atomic E-state index is 0.825. The number of benzene rings is 6. The van der Waals surface area contributed by atoms with Crippen LogP contribution < -0.4 is 0 Å². The second-order valence-corrected chi connectivity index (χ2v) is 14.6. The van der Waals surface area contributed by atoms with Gasteiger partial charge in [0.05, 0.1) is 22.1 Å². The number of aryl methyl sites for hydroxylation is 2. The third kappa shape index (κ3) is 7.46. The minimum atomic E-state index is 0.825. The van der Waals surface area contributed by atoms with Crippen molar-refractivity contribution in [2.45, 2.75) is 65.2 Å². The van der Waals surface area contributed by atoms with E-state index in [-0.39, 0.29) is 0 Å². The molecule has 0 unspecified atom stereocenters. The molecular weight excluding hydrogens is 661 g/mol. The van der Waals surface area contributed by atoms with Crippen LogP contribution in [0.5, 0.6) is 0 Å². The lowest BCUT2D eigenvalue weighted by Gasteiger charge is -2.11. The maximum absolute atomic E-state index is 5.83. The molecule has 0 N–H and O–H groups in total. The van der Waals surface area contributed by atoms with Gasteiger partial charge >= 0.3 is 0 Å². The van der Waals surface area contributed by atoms with E-state index in [9.17, 15) is 0 Å². The SMILES string of the molecule is CCCCOCCCc1ccc2c(c1)c1ccccc1n2-c1ccc(-c2ccc(-n3c4ccccc4c4cc(CCCOCCCC)ccc43)cc2)cc1. The van der Waals surface area contributed by atoms with Crippen molar-refractivity contribution < 1.29 is 9.47 Å². The quantitative estimate of drug-likeness (QED) is 0.0879. The van der Waals surface area contributed by atoms with Crippen LogP contribution in [-0.2, 0) is 22.3 Å². The fourth-order valence-electron chi connectivity index (χ4n) is 7.97. The van der Waals surface area contributed by atoms with Gasteiger partial charge in [-0.3, -0.25) is 0 Å². The Morgan fingerprint density at radius 2 is 0.778 bits per heavy atom. The van der Waals surface area contributed by atoms with Gasteiger partial charge in [0.25, 0.3) is 0 Å². The van der Waals surface area contributed by atoms with Gasteiger partial charge in [0, 0.05) is 59.3 Å². The van der Waals surface area contributed by atoms with Gasteiger partial charge in [-0.2, -0.15) is 0 Å². The van der Waals surface area contributed by atoms with Crippen molar-refractivity contribution in [1.29, 1.82) is 0 Å². The zero-order valence-electron chi connectivity index (χ0n) is 31.9. The third-order valence-electron chi connectivity index (χ3n) is 10.9. The van der Waals surface area contributed by atoms with E-state index in [2.05, 4.69) is 156 Å². The van der Waals surface area contributed by atoms with Crippen molar-refractivity contribution >= 4 is 43.6 Å². The van der Waals surface area contributed by atoms with Crippen molar-refractivity contribution in [3.05, 3.63) is 145 Å². The molecule has 0 fully saturated rings. The summed E-state index contributed by atoms with van der Waals surface area (Å²) in [5, 5.41) is 5.20. The predicted octanol–water partition coefficient (Wildman–Crippen LogP) is 13.0. The summed E-state index contributed by atoms with van der Waals surface area (Å²) in [5.74, 6) is 0. The Labute approximate surface area is 320 Å². The molecular formula is C50H52N2O2. The lowest BCUT2D eigenvalue weighted by molar-refractivity contribution is 0.129. The highest BCUT2D eigenvalue weighted by atomic mass is 16.5. The van der Waals surface area contributed by atoms with Gasteiger partial charge in [-0.15, -0.1) is 0 Å². The van der Waals surface area contributed by atoms with Gasteiger partial charge in [0.1, 0.15) is 0 Å². The monoisotopic (exact) mass is 712 g/mol. The first-order valence-electron chi connectivity index (χ1n) is 20.1. The predicted molar refractivity (Wildman–Crippen MR) is 229 cm³/mol. The van der Waals surface area contributed by atoms with Crippen LogP contribution in [0.1, 0.15) is 63.5 Å². The first-order valence-corrected chi connectivity index (χ1v) is 20.1. The normalized spacial score (nSPS) is 11.8. The smallest absolute Gasteiger partial charge is 0.0541 e. The molecule has 4 nitrogen and oxygen atoms in total. The van der Waals surface area contributed by atoms with Crippen LogP contribution in [-0.4, -0.2) is 35.6 Å². The maximum Gasteiger partial charge on any atom is 0.0541 e. The summed E-state index contributed by atoms with van der Waals surface area (Å²) in [6, 6.07) is 49.6. The highest BCUT2D eigenvalue weighted by Gasteiger charge is 2.15. The van der Waals surface area contributed by atoms with E-state index in [1.807, 2.05) is 0 Å². The molecule has 0 amide bonds. The van der Waals surface area contributed by atoms with Gasteiger partial charge in [0.2, 0.25) is 0 Å². The second kappa shape index (κ2) is 16.9. The molecule has 54 heavy (non-hydrogen) atoms. The van der Waals surface area contributed by atoms with Crippen LogP contribution in [0.4, 0.5) is 0 Å². The molecule has 0 bridgehead atoms. The van der Waals surface area contributed by atoms with Gasteiger partial charge < -0.3 is 18.6 Å². The molecule has 0 aliphatic rings. The summed E-state index contributed by atoms with van der Waals surface area (Å²) in [6.07, 6.45) is 8.79. The molecule has 274 valence electrons. The molecule has 2 aromatic heterocycles. The highest BCUT2D eigenvalue weighted by Crippen LogP contribution is 2.35. The summed E-state index contributed by atoms with van der Waals surface area (Å²) >= 11 is 0. The Hall–Kier alpha value is -5.16. The number of nitrogens with zero attached hydrogens (tertiary/aromatic N) is 2. The molecule has 0 spiro atoms. The molecule has 6 aromatic carbocycles. The van der Waals surface area contributed by atoms with E-state index in [0.29, 0.717) is 0 Å². The Morgan fingerprint density at radius 1 is 0.389 bits per heavy atom. The average molecular weight is 713 g/mol. The largest absolute Gasteiger partial charge is 0.381 e. The Kier molecular flexibility index (Phi) is 11.2. The molecule has 0 saturated heterocycles. The van der Waals surface area contributed by atoms with E-state index in [0.717, 1.165) is 65.0 Å². The van der Waals surface area contributed by atoms with Gasteiger partial charge in [0.15, 0.2) is 0 Å². The third-order valence-corrected chi connectivity index (χ3v) is 10.9. The summed E-state index contributed by atoms with van der Waals surface area (Å²) in [6.45, 7) is 7.80. The molecule has 0 atom stereocenters. The first-order chi connectivity index (χ1) is 26.7. The molecule has 8 rings (SSSR count). The molecule has 4 heteroatoms.